The maximum Gasteiger partial charge on any atom is 0.346 e. The van der Waals surface area contributed by atoms with Gasteiger partial charge in [0.1, 0.15) is 0 Å². The van der Waals surface area contributed by atoms with Crippen LogP contribution in [0.25, 0.3) is 0 Å². The van der Waals surface area contributed by atoms with E-state index in [0.717, 1.165) is 38.5 Å². The molecule has 5 heteroatoms. The lowest BCUT2D eigenvalue weighted by Gasteiger charge is -2.01. The first-order valence-corrected chi connectivity index (χ1v) is 6.36. The highest BCUT2D eigenvalue weighted by atomic mass is 17.5. The molecule has 0 saturated carbocycles. The van der Waals surface area contributed by atoms with E-state index in [2.05, 4.69) is 14.8 Å². The van der Waals surface area contributed by atoms with Crippen LogP contribution in [0.3, 0.4) is 0 Å². The zero-order valence-corrected chi connectivity index (χ0v) is 10.1. The molecule has 0 N–H and O–H groups in total. The van der Waals surface area contributed by atoms with Crippen LogP contribution in [0.1, 0.15) is 64.2 Å². The van der Waals surface area contributed by atoms with Crippen molar-refractivity contribution in [1.29, 1.82) is 0 Å². The van der Waals surface area contributed by atoms with Crippen LogP contribution < -0.4 is 0 Å². The van der Waals surface area contributed by atoms with E-state index in [-0.39, 0.29) is 0 Å². The fraction of sp³-hybridized carbons (Fsp3) is 0.833. The standard InChI is InChI=1S/C12H20O5/c13-11-9-7-5-3-1-2-4-6-8-10-12(14)16-17-15-11/h1-10H2. The molecular formula is C12H20O5. The third-order valence-electron chi connectivity index (χ3n) is 2.77. The first-order valence-electron chi connectivity index (χ1n) is 6.36. The average Bonchev–Trinajstić information content (AvgIpc) is 2.31. The van der Waals surface area contributed by atoms with E-state index >= 15 is 0 Å². The molecule has 1 saturated heterocycles. The van der Waals surface area contributed by atoms with E-state index in [0.29, 0.717) is 12.8 Å². The van der Waals surface area contributed by atoms with Crippen LogP contribution in [0.15, 0.2) is 0 Å². The van der Waals surface area contributed by atoms with E-state index in [1.54, 1.807) is 0 Å². The first-order chi connectivity index (χ1) is 8.29. The Balaban J connectivity index is 2.24. The molecule has 0 amide bonds. The van der Waals surface area contributed by atoms with Crippen LogP contribution in [0.5, 0.6) is 0 Å². The Hall–Kier alpha value is -1.10. The Morgan fingerprint density at radius 2 is 0.941 bits per heavy atom. The molecule has 0 aromatic heterocycles. The van der Waals surface area contributed by atoms with Crippen LogP contribution in [-0.2, 0) is 24.4 Å². The predicted molar refractivity (Wildman–Crippen MR) is 59.4 cm³/mol. The van der Waals surface area contributed by atoms with Crippen molar-refractivity contribution in [2.24, 2.45) is 0 Å². The molecule has 1 aliphatic heterocycles. The van der Waals surface area contributed by atoms with Gasteiger partial charge in [-0.3, -0.25) is 9.78 Å². The number of carbonyl (C=O) groups is 2. The zero-order chi connectivity index (χ0) is 12.3. The highest BCUT2D eigenvalue weighted by Gasteiger charge is 2.09. The molecule has 0 atom stereocenters. The first kappa shape index (κ1) is 14.0. The van der Waals surface area contributed by atoms with Crippen molar-refractivity contribution in [2.45, 2.75) is 64.2 Å². The van der Waals surface area contributed by atoms with E-state index in [9.17, 15) is 9.59 Å². The maximum atomic E-state index is 11.1. The molecule has 0 bridgehead atoms. The summed E-state index contributed by atoms with van der Waals surface area (Å²) in [6.45, 7) is 0. The Morgan fingerprint density at radius 3 is 1.35 bits per heavy atom. The minimum absolute atomic E-state index is 0.303. The number of carbonyl (C=O) groups excluding carboxylic acids is 2. The molecule has 1 aliphatic rings. The minimum Gasteiger partial charge on any atom is -0.260 e. The van der Waals surface area contributed by atoms with Crippen LogP contribution in [-0.4, -0.2) is 11.9 Å². The molecule has 1 heterocycles. The molecule has 1 rings (SSSR count). The molecule has 0 aliphatic carbocycles. The topological polar surface area (TPSA) is 61.8 Å². The van der Waals surface area contributed by atoms with Gasteiger partial charge in [-0.1, -0.05) is 38.5 Å². The quantitative estimate of drug-likeness (QED) is 0.613. The lowest BCUT2D eigenvalue weighted by Crippen LogP contribution is -2.10. The van der Waals surface area contributed by atoms with Crippen molar-refractivity contribution in [3.8, 4) is 0 Å². The van der Waals surface area contributed by atoms with Crippen molar-refractivity contribution in [1.82, 2.24) is 0 Å². The lowest BCUT2D eigenvalue weighted by molar-refractivity contribution is -0.459. The zero-order valence-electron chi connectivity index (χ0n) is 10.1. The Morgan fingerprint density at radius 1 is 0.588 bits per heavy atom. The van der Waals surface area contributed by atoms with Gasteiger partial charge in [-0.15, -0.1) is 0 Å². The minimum atomic E-state index is -0.493. The second-order valence-electron chi connectivity index (χ2n) is 4.31. The molecule has 1 fully saturated rings. The van der Waals surface area contributed by atoms with Crippen LogP contribution >= 0.6 is 0 Å². The second kappa shape index (κ2) is 8.98. The second-order valence-corrected chi connectivity index (χ2v) is 4.31. The normalized spacial score (nSPS) is 21.9. The van der Waals surface area contributed by atoms with Gasteiger partial charge in [0.15, 0.2) is 0 Å². The largest absolute Gasteiger partial charge is 0.346 e. The molecule has 17 heavy (non-hydrogen) atoms. The SMILES string of the molecule is O=C1CCCCCCCCCCC(=O)OOO1. The fourth-order valence-electron chi connectivity index (χ4n) is 1.78. The van der Waals surface area contributed by atoms with Gasteiger partial charge in [0.05, 0.1) is 0 Å². The van der Waals surface area contributed by atoms with Gasteiger partial charge in [-0.05, 0) is 12.8 Å². The van der Waals surface area contributed by atoms with Crippen molar-refractivity contribution in [2.75, 3.05) is 0 Å². The van der Waals surface area contributed by atoms with Gasteiger partial charge >= 0.3 is 11.9 Å². The maximum absolute atomic E-state index is 11.1. The third-order valence-corrected chi connectivity index (χ3v) is 2.77. The molecular weight excluding hydrogens is 224 g/mol. The van der Waals surface area contributed by atoms with Crippen LogP contribution in [0.4, 0.5) is 0 Å². The van der Waals surface area contributed by atoms with E-state index < -0.39 is 11.9 Å². The predicted octanol–water partition coefficient (Wildman–Crippen LogP) is 2.83. The molecule has 0 aromatic carbocycles. The van der Waals surface area contributed by atoms with Gasteiger partial charge in [0.25, 0.3) is 0 Å². The third kappa shape index (κ3) is 7.74. The van der Waals surface area contributed by atoms with E-state index in [1.165, 1.54) is 12.8 Å². The summed E-state index contributed by atoms with van der Waals surface area (Å²) in [5.41, 5.74) is 0. The van der Waals surface area contributed by atoms with Crippen molar-refractivity contribution in [3.05, 3.63) is 0 Å². The molecule has 98 valence electrons. The van der Waals surface area contributed by atoms with Crippen LogP contribution in [0.2, 0.25) is 0 Å². The van der Waals surface area contributed by atoms with Gasteiger partial charge in [-0.2, -0.15) is 0 Å². The van der Waals surface area contributed by atoms with Crippen LogP contribution in [0, 0.1) is 0 Å². The molecule has 0 unspecified atom stereocenters. The summed E-state index contributed by atoms with van der Waals surface area (Å²) in [6, 6.07) is 0. The summed E-state index contributed by atoms with van der Waals surface area (Å²) < 4.78 is 0. The number of hydrogen-bond donors (Lipinski definition) is 0. The number of hydrogen-bond acceptors (Lipinski definition) is 5. The summed E-state index contributed by atoms with van der Waals surface area (Å²) in [4.78, 5) is 30.8. The highest BCUT2D eigenvalue weighted by molar-refractivity contribution is 5.69. The lowest BCUT2D eigenvalue weighted by atomic mass is 10.1. The molecule has 0 spiro atoms. The Bertz CT molecular complexity index is 215. The van der Waals surface area contributed by atoms with Crippen molar-refractivity contribution in [3.63, 3.8) is 0 Å². The van der Waals surface area contributed by atoms with Crippen molar-refractivity contribution < 1.29 is 24.4 Å². The number of rotatable bonds is 0. The van der Waals surface area contributed by atoms with Gasteiger partial charge in [0.2, 0.25) is 0 Å². The highest BCUT2D eigenvalue weighted by Crippen LogP contribution is 2.12. The van der Waals surface area contributed by atoms with Gasteiger partial charge < -0.3 is 0 Å². The summed E-state index contributed by atoms with van der Waals surface area (Å²) in [7, 11) is 0. The van der Waals surface area contributed by atoms with Gasteiger partial charge in [0, 0.05) is 17.9 Å². The summed E-state index contributed by atoms with van der Waals surface area (Å²) in [5.74, 6) is -0.986. The van der Waals surface area contributed by atoms with E-state index in [4.69, 9.17) is 0 Å². The van der Waals surface area contributed by atoms with Crippen molar-refractivity contribution >= 4 is 11.9 Å². The van der Waals surface area contributed by atoms with E-state index in [1.807, 2.05) is 0 Å². The average molecular weight is 244 g/mol. The van der Waals surface area contributed by atoms with Gasteiger partial charge in [-0.25, -0.2) is 9.59 Å². The Kier molecular flexibility index (Phi) is 7.38. The summed E-state index contributed by atoms with van der Waals surface area (Å²) >= 11 is 0. The molecule has 5 nitrogen and oxygen atoms in total. The summed E-state index contributed by atoms with van der Waals surface area (Å²) in [6.07, 6.45) is 8.89. The fourth-order valence-corrected chi connectivity index (χ4v) is 1.78. The molecule has 0 radical (unpaired) electrons. The Labute approximate surface area is 101 Å². The smallest absolute Gasteiger partial charge is 0.260 e. The summed E-state index contributed by atoms with van der Waals surface area (Å²) in [5, 5.41) is 4.14. The molecule has 0 aromatic rings. The monoisotopic (exact) mass is 244 g/mol.